The highest BCUT2D eigenvalue weighted by molar-refractivity contribution is 6.07. The Morgan fingerprint density at radius 2 is 1.88 bits per heavy atom. The zero-order valence-corrected chi connectivity index (χ0v) is 19.4. The normalized spacial score (nSPS) is 21.7. The average Bonchev–Trinajstić information content (AvgIpc) is 3.48. The predicted octanol–water partition coefficient (Wildman–Crippen LogP) is 2.85. The van der Waals surface area contributed by atoms with Gasteiger partial charge in [-0.2, -0.15) is 5.10 Å². The van der Waals surface area contributed by atoms with Gasteiger partial charge in [-0.15, -0.1) is 0 Å². The lowest BCUT2D eigenvalue weighted by Crippen LogP contribution is -2.69. The first-order valence-corrected chi connectivity index (χ1v) is 12.1. The predicted molar refractivity (Wildman–Crippen MR) is 127 cm³/mol. The number of benzene rings is 1. The largest absolute Gasteiger partial charge is 0.381 e. The minimum absolute atomic E-state index is 0.0718. The summed E-state index contributed by atoms with van der Waals surface area (Å²) in [5, 5.41) is 6.04. The van der Waals surface area contributed by atoms with Gasteiger partial charge in [-0.3, -0.25) is 19.2 Å². The van der Waals surface area contributed by atoms with Crippen molar-refractivity contribution in [1.82, 2.24) is 24.6 Å². The van der Waals surface area contributed by atoms with Crippen LogP contribution >= 0.6 is 0 Å². The molecule has 3 aliphatic rings. The van der Waals surface area contributed by atoms with Gasteiger partial charge >= 0.3 is 0 Å². The van der Waals surface area contributed by atoms with Crippen molar-refractivity contribution in [3.05, 3.63) is 39.8 Å². The van der Waals surface area contributed by atoms with Crippen molar-refractivity contribution >= 4 is 27.7 Å². The molecule has 33 heavy (non-hydrogen) atoms. The summed E-state index contributed by atoms with van der Waals surface area (Å²) in [7, 11) is 0. The number of carbonyl (C=O) groups excluding carboxylic acids is 1. The van der Waals surface area contributed by atoms with Crippen molar-refractivity contribution in [2.45, 2.75) is 51.1 Å². The molecule has 0 spiro atoms. The first-order chi connectivity index (χ1) is 15.9. The molecule has 0 unspecified atom stereocenters. The van der Waals surface area contributed by atoms with Crippen molar-refractivity contribution in [1.29, 1.82) is 0 Å². The molecule has 5 heterocycles. The second-order valence-corrected chi connectivity index (χ2v) is 10.2. The number of fused-ring (bicyclic) bond motifs is 3. The van der Waals surface area contributed by atoms with Crippen LogP contribution in [0.2, 0.25) is 0 Å². The summed E-state index contributed by atoms with van der Waals surface area (Å²) in [6.45, 7) is 9.42. The van der Waals surface area contributed by atoms with Gasteiger partial charge in [0.15, 0.2) is 0 Å². The van der Waals surface area contributed by atoms with Gasteiger partial charge in [0.25, 0.3) is 11.5 Å². The number of aromatic nitrogens is 3. The Bertz CT molecular complexity index is 1290. The standard InChI is InChI=1S/C25H31N5O3/c1-16-11-21-19(12-18(16)24(32)28-14-25(2,15-28)29-7-3-4-8-29)22-20(23(31)27-21)13-26-30(22)17-5-9-33-10-6-17/h11-13,17H,3-10,14-15H2,1-2H3,(H,27,31). The molecular weight excluding hydrogens is 418 g/mol. The highest BCUT2D eigenvalue weighted by Gasteiger charge is 2.46. The van der Waals surface area contributed by atoms with Crippen LogP contribution in [0.4, 0.5) is 0 Å². The summed E-state index contributed by atoms with van der Waals surface area (Å²) in [6.07, 6.45) is 5.89. The SMILES string of the molecule is Cc1cc2[nH]c(=O)c3cnn(C4CCOCC4)c3c2cc1C(=O)N1CC(C)(N2CCCC2)C1. The maximum Gasteiger partial charge on any atom is 0.259 e. The third-order valence-electron chi connectivity index (χ3n) is 7.89. The average molecular weight is 450 g/mol. The molecule has 3 saturated heterocycles. The molecule has 3 aliphatic heterocycles. The smallest absolute Gasteiger partial charge is 0.259 e. The van der Waals surface area contributed by atoms with E-state index in [0.29, 0.717) is 24.2 Å². The number of likely N-dealkylation sites (tertiary alicyclic amines) is 2. The number of aromatic amines is 1. The van der Waals surface area contributed by atoms with Gasteiger partial charge in [-0.05, 0) is 70.3 Å². The van der Waals surface area contributed by atoms with Gasteiger partial charge in [0.2, 0.25) is 0 Å². The number of hydrogen-bond donors (Lipinski definition) is 1. The number of nitrogens with zero attached hydrogens (tertiary/aromatic N) is 4. The van der Waals surface area contributed by atoms with E-state index in [-0.39, 0.29) is 23.0 Å². The van der Waals surface area contributed by atoms with Gasteiger partial charge < -0.3 is 14.6 Å². The number of aryl methyl sites for hydroxylation is 1. The lowest BCUT2D eigenvalue weighted by atomic mass is 9.89. The molecule has 3 fully saturated rings. The van der Waals surface area contributed by atoms with E-state index < -0.39 is 0 Å². The second-order valence-electron chi connectivity index (χ2n) is 10.2. The Morgan fingerprint density at radius 3 is 2.61 bits per heavy atom. The van der Waals surface area contributed by atoms with Crippen LogP contribution in [0, 0.1) is 6.92 Å². The van der Waals surface area contributed by atoms with Crippen LogP contribution in [0.3, 0.4) is 0 Å². The third-order valence-corrected chi connectivity index (χ3v) is 7.89. The van der Waals surface area contributed by atoms with E-state index in [1.54, 1.807) is 6.20 Å². The lowest BCUT2D eigenvalue weighted by molar-refractivity contribution is -0.0190. The zero-order valence-electron chi connectivity index (χ0n) is 19.4. The van der Waals surface area contributed by atoms with E-state index in [0.717, 1.165) is 61.0 Å². The van der Waals surface area contributed by atoms with Crippen LogP contribution < -0.4 is 5.56 Å². The molecule has 0 bridgehead atoms. The molecule has 8 nitrogen and oxygen atoms in total. The first kappa shape index (κ1) is 20.9. The molecule has 1 aromatic carbocycles. The third kappa shape index (κ3) is 3.30. The number of nitrogens with one attached hydrogen (secondary N) is 1. The fourth-order valence-corrected chi connectivity index (χ4v) is 5.98. The van der Waals surface area contributed by atoms with Crippen molar-refractivity contribution in [3.8, 4) is 0 Å². The van der Waals surface area contributed by atoms with Gasteiger partial charge in [0.05, 0.1) is 34.2 Å². The van der Waals surface area contributed by atoms with Crippen molar-refractivity contribution in [2.75, 3.05) is 39.4 Å². The Kier molecular flexibility index (Phi) is 4.85. The number of ether oxygens (including phenoxy) is 1. The van der Waals surface area contributed by atoms with Crippen LogP contribution in [0.25, 0.3) is 21.8 Å². The van der Waals surface area contributed by atoms with Gasteiger partial charge in [-0.1, -0.05) is 0 Å². The number of rotatable bonds is 3. The van der Waals surface area contributed by atoms with Crippen molar-refractivity contribution < 1.29 is 9.53 Å². The van der Waals surface area contributed by atoms with Crippen LogP contribution in [0.15, 0.2) is 23.1 Å². The topological polar surface area (TPSA) is 83.5 Å². The molecule has 3 aromatic rings. The van der Waals surface area contributed by atoms with Gasteiger partial charge in [-0.25, -0.2) is 0 Å². The molecule has 1 amide bonds. The van der Waals surface area contributed by atoms with Crippen LogP contribution in [0.1, 0.15) is 54.6 Å². The van der Waals surface area contributed by atoms with E-state index in [1.807, 2.05) is 28.6 Å². The Labute approximate surface area is 192 Å². The number of carbonyl (C=O) groups is 1. The highest BCUT2D eigenvalue weighted by atomic mass is 16.5. The summed E-state index contributed by atoms with van der Waals surface area (Å²) in [5.74, 6) is 0.0718. The van der Waals surface area contributed by atoms with E-state index in [2.05, 4.69) is 21.9 Å². The fraction of sp³-hybridized carbons (Fsp3) is 0.560. The fourth-order valence-electron chi connectivity index (χ4n) is 5.98. The van der Waals surface area contributed by atoms with Crippen molar-refractivity contribution in [2.24, 2.45) is 0 Å². The van der Waals surface area contributed by atoms with Crippen LogP contribution in [-0.2, 0) is 4.74 Å². The number of hydrogen-bond acceptors (Lipinski definition) is 5. The summed E-state index contributed by atoms with van der Waals surface area (Å²) >= 11 is 0. The minimum Gasteiger partial charge on any atom is -0.381 e. The van der Waals surface area contributed by atoms with Gasteiger partial charge in [0.1, 0.15) is 0 Å². The van der Waals surface area contributed by atoms with Crippen LogP contribution in [-0.4, -0.2) is 75.4 Å². The quantitative estimate of drug-likeness (QED) is 0.665. The number of pyridine rings is 1. The monoisotopic (exact) mass is 449 g/mol. The minimum atomic E-state index is -0.140. The number of H-pyrrole nitrogens is 1. The van der Waals surface area contributed by atoms with E-state index in [9.17, 15) is 9.59 Å². The molecular formula is C25H31N5O3. The first-order valence-electron chi connectivity index (χ1n) is 12.1. The molecule has 174 valence electrons. The Hall–Kier alpha value is -2.71. The summed E-state index contributed by atoms with van der Waals surface area (Å²) in [6, 6.07) is 4.09. The molecule has 1 N–H and O–H groups in total. The molecule has 0 saturated carbocycles. The summed E-state index contributed by atoms with van der Waals surface area (Å²) in [4.78, 5) is 33.8. The number of amides is 1. The maximum atomic E-state index is 13.5. The Balaban J connectivity index is 1.39. The van der Waals surface area contributed by atoms with Crippen molar-refractivity contribution in [3.63, 3.8) is 0 Å². The van der Waals surface area contributed by atoms with E-state index in [4.69, 9.17) is 4.74 Å². The lowest BCUT2D eigenvalue weighted by Gasteiger charge is -2.53. The molecule has 6 rings (SSSR count). The van der Waals surface area contributed by atoms with E-state index >= 15 is 0 Å². The molecule has 0 atom stereocenters. The Morgan fingerprint density at radius 1 is 1.15 bits per heavy atom. The molecule has 0 radical (unpaired) electrons. The highest BCUT2D eigenvalue weighted by Crippen LogP contribution is 2.34. The summed E-state index contributed by atoms with van der Waals surface area (Å²) in [5.41, 5.74) is 3.12. The molecule has 0 aliphatic carbocycles. The maximum absolute atomic E-state index is 13.5. The van der Waals surface area contributed by atoms with E-state index in [1.165, 1.54) is 12.8 Å². The summed E-state index contributed by atoms with van der Waals surface area (Å²) < 4.78 is 7.50. The molecule has 2 aromatic heterocycles. The second kappa shape index (κ2) is 7.67. The molecule has 8 heteroatoms. The zero-order chi connectivity index (χ0) is 22.7. The van der Waals surface area contributed by atoms with Gasteiger partial charge in [0, 0.05) is 37.3 Å². The van der Waals surface area contributed by atoms with Crippen LogP contribution in [0.5, 0.6) is 0 Å².